The van der Waals surface area contributed by atoms with Gasteiger partial charge >= 0.3 is 0 Å². The lowest BCUT2D eigenvalue weighted by atomic mass is 9.78. The van der Waals surface area contributed by atoms with Crippen LogP contribution in [-0.4, -0.2) is 15.4 Å². The zero-order valence-corrected chi connectivity index (χ0v) is 36.2. The number of hydrogen-bond donors (Lipinski definition) is 0. The normalized spacial score (nSPS) is 11.9. The first kappa shape index (κ1) is 39.2. The minimum atomic E-state index is 0.774. The van der Waals surface area contributed by atoms with Gasteiger partial charge in [-0.15, -0.1) is 10.2 Å². The van der Waals surface area contributed by atoms with Gasteiger partial charge in [-0.1, -0.05) is 184 Å². The van der Waals surface area contributed by atoms with Crippen LogP contribution in [-0.2, 0) is 12.8 Å². The number of para-hydroxylation sites is 1. The second-order valence-corrected chi connectivity index (χ2v) is 16.8. The van der Waals surface area contributed by atoms with Crippen molar-refractivity contribution in [3.63, 3.8) is 0 Å². The molecular weight excluding hydrogens is 779 g/mol. The summed E-state index contributed by atoms with van der Waals surface area (Å²) in [6, 6.07) is 62.4. The summed E-state index contributed by atoms with van der Waals surface area (Å²) in [4.78, 5) is 11.1. The van der Waals surface area contributed by atoms with Crippen molar-refractivity contribution < 1.29 is 0 Å². The van der Waals surface area contributed by atoms with Crippen molar-refractivity contribution in [2.75, 3.05) is 0 Å². The van der Waals surface area contributed by atoms with E-state index in [1.54, 1.807) is 0 Å². The summed E-state index contributed by atoms with van der Waals surface area (Å²) in [5.41, 5.74) is 19.1. The van der Waals surface area contributed by atoms with Gasteiger partial charge in [-0.25, -0.2) is 9.98 Å². The van der Waals surface area contributed by atoms with Gasteiger partial charge in [-0.05, 0) is 99.2 Å². The van der Waals surface area contributed by atoms with E-state index in [0.29, 0.717) is 0 Å². The molecule has 0 N–H and O–H groups in total. The van der Waals surface area contributed by atoms with Crippen LogP contribution in [0.25, 0.3) is 78.1 Å². The van der Waals surface area contributed by atoms with Gasteiger partial charge in [-0.3, -0.25) is 0 Å². The zero-order chi connectivity index (χ0) is 43.0. The minimum absolute atomic E-state index is 0.774. The molecule has 0 fully saturated rings. The standard InChI is InChI=1S/C59H47N5/c1-3-5-28-45-47(29-6-4-2)57-55(53-50(61-57)37-36-48-43-32-20-21-35-49(43)60-56(48)53)54(51(45)40-26-14-9-15-27-40)59-52(44-33-18-16-30-41(44)38-22-10-7-11-23-38)58(62-64-63-59)46-34-19-17-31-42(46)39-24-12-8-13-25-39/h7-27,30-37H,3-6,28-29H2,1-2H3. The Labute approximate surface area is 373 Å². The van der Waals surface area contributed by atoms with Gasteiger partial charge in [0, 0.05) is 38.3 Å². The highest BCUT2D eigenvalue weighted by atomic mass is 15.3. The molecule has 0 radical (unpaired) electrons. The predicted molar refractivity (Wildman–Crippen MR) is 261 cm³/mol. The van der Waals surface area contributed by atoms with E-state index in [0.717, 1.165) is 144 Å². The third-order valence-electron chi connectivity index (χ3n) is 12.9. The number of nitrogens with zero attached hydrogens (tertiary/aromatic N) is 5. The number of rotatable bonds is 12. The van der Waals surface area contributed by atoms with Crippen molar-refractivity contribution in [1.82, 2.24) is 15.4 Å². The molecule has 0 amide bonds. The molecule has 5 heteroatoms. The fraction of sp³-hybridized carbons (Fsp3) is 0.136. The molecule has 308 valence electrons. The number of fused-ring (bicyclic) bond motifs is 6. The van der Waals surface area contributed by atoms with E-state index >= 15 is 0 Å². The van der Waals surface area contributed by atoms with E-state index in [2.05, 4.69) is 190 Å². The molecule has 0 unspecified atom stereocenters. The van der Waals surface area contributed by atoms with Gasteiger partial charge in [0.25, 0.3) is 0 Å². The summed E-state index contributed by atoms with van der Waals surface area (Å²) in [5, 5.41) is 19.4. The van der Waals surface area contributed by atoms with E-state index < -0.39 is 0 Å². The van der Waals surface area contributed by atoms with E-state index in [-0.39, 0.29) is 0 Å². The quantitative estimate of drug-likeness (QED) is 0.123. The Balaban J connectivity index is 1.35. The molecule has 8 aromatic carbocycles. The largest absolute Gasteiger partial charge is 0.247 e. The molecule has 0 saturated carbocycles. The van der Waals surface area contributed by atoms with Crippen molar-refractivity contribution in [3.8, 4) is 78.1 Å². The molecule has 1 aromatic heterocycles. The Morgan fingerprint density at radius 2 is 0.875 bits per heavy atom. The van der Waals surface area contributed by atoms with Gasteiger partial charge < -0.3 is 0 Å². The van der Waals surface area contributed by atoms with Gasteiger partial charge in [0.2, 0.25) is 0 Å². The van der Waals surface area contributed by atoms with Gasteiger partial charge in [0.05, 0.1) is 22.1 Å². The molecular formula is C59H47N5. The first-order valence-electron chi connectivity index (χ1n) is 22.7. The van der Waals surface area contributed by atoms with Crippen molar-refractivity contribution in [2.45, 2.75) is 52.4 Å². The molecule has 9 aromatic rings. The Morgan fingerprint density at radius 3 is 1.55 bits per heavy atom. The van der Waals surface area contributed by atoms with Crippen molar-refractivity contribution in [1.29, 1.82) is 0 Å². The van der Waals surface area contributed by atoms with E-state index in [9.17, 15) is 0 Å². The van der Waals surface area contributed by atoms with Crippen LogP contribution < -0.4 is 10.7 Å². The van der Waals surface area contributed by atoms with Crippen LogP contribution in [0.2, 0.25) is 0 Å². The topological polar surface area (TPSA) is 63.4 Å². The lowest BCUT2D eigenvalue weighted by Gasteiger charge is -2.26. The molecule has 0 spiro atoms. The van der Waals surface area contributed by atoms with Gasteiger partial charge in [0.15, 0.2) is 0 Å². The molecule has 2 aliphatic rings. The molecule has 5 nitrogen and oxygen atoms in total. The SMILES string of the molecule is CCCCc1c(CCCC)c(-c2ccccc2)c(-c2nnnc(-c3ccccc3-c3ccccc3)c2-c2ccccc2-c2ccccc2)c2c1N=c1ccc3c(c1-2)N=c1ccccc1=3. The highest BCUT2D eigenvalue weighted by Gasteiger charge is 2.35. The average Bonchev–Trinajstić information content (AvgIpc) is 3.94. The van der Waals surface area contributed by atoms with Crippen molar-refractivity contribution in [2.24, 2.45) is 9.98 Å². The van der Waals surface area contributed by atoms with Crippen LogP contribution in [0, 0.1) is 10.4 Å². The number of benzene rings is 8. The number of unbranched alkanes of at least 4 members (excludes halogenated alkanes) is 2. The predicted octanol–water partition coefficient (Wildman–Crippen LogP) is 14.0. The Hall–Kier alpha value is -7.63. The molecule has 3 heterocycles. The summed E-state index contributed by atoms with van der Waals surface area (Å²) in [7, 11) is 0. The van der Waals surface area contributed by atoms with Gasteiger partial charge in [-0.2, -0.15) is 0 Å². The molecule has 64 heavy (non-hydrogen) atoms. The number of hydrogen-bond acceptors (Lipinski definition) is 5. The summed E-state index contributed by atoms with van der Waals surface area (Å²) in [5.74, 6) is 0. The first-order valence-corrected chi connectivity index (χ1v) is 22.7. The Kier molecular flexibility index (Phi) is 10.4. The van der Waals surface area contributed by atoms with Crippen molar-refractivity contribution in [3.05, 3.63) is 208 Å². The van der Waals surface area contributed by atoms with Crippen LogP contribution in [0.15, 0.2) is 186 Å². The average molecular weight is 826 g/mol. The zero-order valence-electron chi connectivity index (χ0n) is 36.2. The van der Waals surface area contributed by atoms with Crippen LogP contribution in [0.5, 0.6) is 0 Å². The van der Waals surface area contributed by atoms with Crippen LogP contribution in [0.1, 0.15) is 50.7 Å². The third kappa shape index (κ3) is 6.67. The molecule has 0 atom stereocenters. The lowest BCUT2D eigenvalue weighted by Crippen LogP contribution is -2.08. The maximum absolute atomic E-state index is 5.68. The number of aromatic nitrogens is 3. The van der Waals surface area contributed by atoms with Gasteiger partial charge in [0.1, 0.15) is 11.4 Å². The lowest BCUT2D eigenvalue weighted by molar-refractivity contribution is 0.760. The highest BCUT2D eigenvalue weighted by molar-refractivity contribution is 6.10. The van der Waals surface area contributed by atoms with Crippen LogP contribution in [0.3, 0.4) is 0 Å². The summed E-state index contributed by atoms with van der Waals surface area (Å²) in [6.45, 7) is 4.57. The smallest absolute Gasteiger partial charge is 0.106 e. The summed E-state index contributed by atoms with van der Waals surface area (Å²) >= 11 is 0. The first-order chi connectivity index (χ1) is 31.7. The second-order valence-electron chi connectivity index (χ2n) is 16.8. The second kappa shape index (κ2) is 16.9. The fourth-order valence-electron chi connectivity index (χ4n) is 9.98. The molecule has 2 aliphatic heterocycles. The molecule has 0 saturated heterocycles. The maximum atomic E-state index is 5.68. The van der Waals surface area contributed by atoms with E-state index in [1.165, 1.54) is 16.7 Å². The Morgan fingerprint density at radius 1 is 0.344 bits per heavy atom. The maximum Gasteiger partial charge on any atom is 0.106 e. The molecule has 0 bridgehead atoms. The third-order valence-corrected chi connectivity index (χ3v) is 12.9. The summed E-state index contributed by atoms with van der Waals surface area (Å²) < 4.78 is 0. The molecule has 0 aliphatic carbocycles. The van der Waals surface area contributed by atoms with Crippen LogP contribution >= 0.6 is 0 Å². The summed E-state index contributed by atoms with van der Waals surface area (Å²) in [6.07, 6.45) is 6.10. The van der Waals surface area contributed by atoms with Crippen molar-refractivity contribution >= 4 is 11.4 Å². The minimum Gasteiger partial charge on any atom is -0.247 e. The van der Waals surface area contributed by atoms with E-state index in [1.807, 2.05) is 0 Å². The monoisotopic (exact) mass is 825 g/mol. The highest BCUT2D eigenvalue weighted by Crippen LogP contribution is 2.56. The molecule has 11 rings (SSSR count). The van der Waals surface area contributed by atoms with Crippen LogP contribution in [0.4, 0.5) is 11.4 Å². The fourth-order valence-corrected chi connectivity index (χ4v) is 9.98. The van der Waals surface area contributed by atoms with E-state index in [4.69, 9.17) is 25.4 Å². The Bertz CT molecular complexity index is 3460.